The van der Waals surface area contributed by atoms with E-state index in [1.807, 2.05) is 36.4 Å². The van der Waals surface area contributed by atoms with Crippen LogP contribution in [0.2, 0.25) is 0 Å². The van der Waals surface area contributed by atoms with Crippen LogP contribution in [0.25, 0.3) is 22.5 Å². The Bertz CT molecular complexity index is 845. The Morgan fingerprint density at radius 2 is 1.08 bits per heavy atom. The van der Waals surface area contributed by atoms with Crippen molar-refractivity contribution >= 4 is 0 Å². The molecule has 0 amide bonds. The molecule has 4 rings (SSSR count). The van der Waals surface area contributed by atoms with E-state index >= 15 is 0 Å². The van der Waals surface area contributed by atoms with Crippen molar-refractivity contribution in [1.82, 2.24) is 19.9 Å². The van der Waals surface area contributed by atoms with Gasteiger partial charge >= 0.3 is 0 Å². The van der Waals surface area contributed by atoms with E-state index < -0.39 is 0 Å². The van der Waals surface area contributed by atoms with Gasteiger partial charge in [0.25, 0.3) is 0 Å². The van der Waals surface area contributed by atoms with E-state index in [4.69, 9.17) is 0 Å². The minimum absolute atomic E-state index is 0.125. The SMILES string of the molecule is CC(c1[nH]cnc1-c1ccccc1)c1[nH]cnc1-c1ccccc1. The highest BCUT2D eigenvalue weighted by atomic mass is 14.9. The largest absolute Gasteiger partial charge is 0.347 e. The molecule has 2 aromatic carbocycles. The van der Waals surface area contributed by atoms with Crippen LogP contribution in [0.1, 0.15) is 24.2 Å². The lowest BCUT2D eigenvalue weighted by molar-refractivity contribution is 0.855. The molecule has 0 aliphatic heterocycles. The molecule has 0 aliphatic carbocycles. The van der Waals surface area contributed by atoms with Crippen LogP contribution in [0.15, 0.2) is 73.3 Å². The minimum Gasteiger partial charge on any atom is -0.347 e. The third-order valence-electron chi connectivity index (χ3n) is 4.30. The van der Waals surface area contributed by atoms with Crippen LogP contribution in [0.3, 0.4) is 0 Å². The van der Waals surface area contributed by atoms with Crippen molar-refractivity contribution in [2.45, 2.75) is 12.8 Å². The van der Waals surface area contributed by atoms with Gasteiger partial charge in [0, 0.05) is 17.0 Å². The summed E-state index contributed by atoms with van der Waals surface area (Å²) >= 11 is 0. The molecule has 0 saturated carbocycles. The molecule has 4 heteroatoms. The molecule has 24 heavy (non-hydrogen) atoms. The summed E-state index contributed by atoms with van der Waals surface area (Å²) in [5.74, 6) is 0.125. The Morgan fingerprint density at radius 1 is 0.667 bits per heavy atom. The van der Waals surface area contributed by atoms with E-state index in [1.165, 1.54) is 0 Å². The number of nitrogens with zero attached hydrogens (tertiary/aromatic N) is 2. The van der Waals surface area contributed by atoms with Crippen LogP contribution in [-0.4, -0.2) is 19.9 Å². The lowest BCUT2D eigenvalue weighted by Crippen LogP contribution is -2.01. The second-order valence-electron chi connectivity index (χ2n) is 5.78. The van der Waals surface area contributed by atoms with Crippen molar-refractivity contribution < 1.29 is 0 Å². The quantitative estimate of drug-likeness (QED) is 0.577. The molecule has 2 aromatic heterocycles. The van der Waals surface area contributed by atoms with Crippen molar-refractivity contribution in [3.63, 3.8) is 0 Å². The van der Waals surface area contributed by atoms with Gasteiger partial charge in [-0.05, 0) is 0 Å². The lowest BCUT2D eigenvalue weighted by atomic mass is 9.95. The molecule has 0 radical (unpaired) electrons. The zero-order valence-electron chi connectivity index (χ0n) is 13.4. The fraction of sp³-hybridized carbons (Fsp3) is 0.100. The summed E-state index contributed by atoms with van der Waals surface area (Å²) in [4.78, 5) is 15.7. The Morgan fingerprint density at radius 3 is 1.50 bits per heavy atom. The van der Waals surface area contributed by atoms with Gasteiger partial charge in [0.1, 0.15) is 0 Å². The second-order valence-corrected chi connectivity index (χ2v) is 5.78. The van der Waals surface area contributed by atoms with E-state index in [-0.39, 0.29) is 5.92 Å². The number of rotatable bonds is 4. The van der Waals surface area contributed by atoms with Crippen LogP contribution in [0, 0.1) is 0 Å². The molecule has 0 spiro atoms. The zero-order valence-corrected chi connectivity index (χ0v) is 13.4. The van der Waals surface area contributed by atoms with Crippen molar-refractivity contribution in [1.29, 1.82) is 0 Å². The highest BCUT2D eigenvalue weighted by molar-refractivity contribution is 5.66. The van der Waals surface area contributed by atoms with Crippen LogP contribution < -0.4 is 0 Å². The zero-order chi connectivity index (χ0) is 16.4. The molecule has 2 heterocycles. The predicted molar refractivity (Wildman–Crippen MR) is 95.6 cm³/mol. The van der Waals surface area contributed by atoms with E-state index in [1.54, 1.807) is 12.7 Å². The number of imidazole rings is 2. The monoisotopic (exact) mass is 314 g/mol. The van der Waals surface area contributed by atoms with Gasteiger partial charge in [-0.3, -0.25) is 0 Å². The lowest BCUT2D eigenvalue weighted by Gasteiger charge is -2.13. The van der Waals surface area contributed by atoms with Gasteiger partial charge in [0.2, 0.25) is 0 Å². The van der Waals surface area contributed by atoms with Gasteiger partial charge in [-0.15, -0.1) is 0 Å². The maximum Gasteiger partial charge on any atom is 0.0929 e. The van der Waals surface area contributed by atoms with Crippen molar-refractivity contribution in [2.24, 2.45) is 0 Å². The topological polar surface area (TPSA) is 57.4 Å². The fourth-order valence-corrected chi connectivity index (χ4v) is 3.07. The average molecular weight is 314 g/mol. The predicted octanol–water partition coefficient (Wildman–Crippen LogP) is 4.62. The normalized spacial score (nSPS) is 11.1. The summed E-state index contributed by atoms with van der Waals surface area (Å²) in [6.07, 6.45) is 3.51. The van der Waals surface area contributed by atoms with E-state index in [0.29, 0.717) is 0 Å². The molecule has 118 valence electrons. The van der Waals surface area contributed by atoms with Crippen LogP contribution in [0.5, 0.6) is 0 Å². The average Bonchev–Trinajstić information content (AvgIpc) is 3.32. The summed E-state index contributed by atoms with van der Waals surface area (Å²) in [6, 6.07) is 20.5. The summed E-state index contributed by atoms with van der Waals surface area (Å²) in [7, 11) is 0. The first kappa shape index (κ1) is 14.5. The third kappa shape index (κ3) is 2.52. The Hall–Kier alpha value is -3.14. The highest BCUT2D eigenvalue weighted by Crippen LogP contribution is 2.33. The summed E-state index contributed by atoms with van der Waals surface area (Å²) in [6.45, 7) is 2.17. The number of H-pyrrole nitrogens is 2. The van der Waals surface area contributed by atoms with Gasteiger partial charge in [-0.25, -0.2) is 9.97 Å². The number of benzene rings is 2. The van der Waals surface area contributed by atoms with Crippen molar-refractivity contribution in [3.05, 3.63) is 84.7 Å². The molecule has 4 aromatic rings. The first-order chi connectivity index (χ1) is 11.8. The second kappa shape index (κ2) is 6.16. The molecule has 0 saturated heterocycles. The summed E-state index contributed by atoms with van der Waals surface area (Å²) in [5, 5.41) is 0. The molecule has 0 bridgehead atoms. The number of aromatic amines is 2. The maximum absolute atomic E-state index is 4.53. The van der Waals surface area contributed by atoms with Crippen molar-refractivity contribution in [2.75, 3.05) is 0 Å². The van der Waals surface area contributed by atoms with Gasteiger partial charge in [-0.2, -0.15) is 0 Å². The molecule has 0 atom stereocenters. The first-order valence-corrected chi connectivity index (χ1v) is 8.02. The summed E-state index contributed by atoms with van der Waals surface area (Å²) < 4.78 is 0. The molecule has 2 N–H and O–H groups in total. The van der Waals surface area contributed by atoms with Crippen molar-refractivity contribution in [3.8, 4) is 22.5 Å². The first-order valence-electron chi connectivity index (χ1n) is 8.02. The Kier molecular flexibility index (Phi) is 3.71. The molecule has 0 aliphatic rings. The number of hydrogen-bond donors (Lipinski definition) is 2. The maximum atomic E-state index is 4.53. The Balaban J connectivity index is 1.76. The molecule has 0 fully saturated rings. The van der Waals surface area contributed by atoms with E-state index in [0.717, 1.165) is 33.9 Å². The smallest absolute Gasteiger partial charge is 0.0929 e. The molecular formula is C20H18N4. The van der Waals surface area contributed by atoms with Crippen LogP contribution >= 0.6 is 0 Å². The van der Waals surface area contributed by atoms with Crippen LogP contribution in [-0.2, 0) is 0 Å². The van der Waals surface area contributed by atoms with Gasteiger partial charge in [0.05, 0.1) is 35.4 Å². The third-order valence-corrected chi connectivity index (χ3v) is 4.30. The number of hydrogen-bond acceptors (Lipinski definition) is 2. The standard InChI is InChI=1S/C20H18N4/c1-14(17-19(23-12-21-17)15-8-4-2-5-9-15)18-20(24-13-22-18)16-10-6-3-7-11-16/h2-14H,1H3,(H,21,23)(H,22,24). The van der Waals surface area contributed by atoms with E-state index in [2.05, 4.69) is 51.1 Å². The number of nitrogens with one attached hydrogen (secondary N) is 2. The summed E-state index contributed by atoms with van der Waals surface area (Å²) in [5.41, 5.74) is 6.36. The van der Waals surface area contributed by atoms with Gasteiger partial charge < -0.3 is 9.97 Å². The fourth-order valence-electron chi connectivity index (χ4n) is 3.07. The van der Waals surface area contributed by atoms with E-state index in [9.17, 15) is 0 Å². The highest BCUT2D eigenvalue weighted by Gasteiger charge is 2.21. The molecular weight excluding hydrogens is 296 g/mol. The molecule has 0 unspecified atom stereocenters. The number of aromatic nitrogens is 4. The molecule has 4 nitrogen and oxygen atoms in total. The minimum atomic E-state index is 0.125. The van der Waals surface area contributed by atoms with Gasteiger partial charge in [0.15, 0.2) is 0 Å². The van der Waals surface area contributed by atoms with Crippen LogP contribution in [0.4, 0.5) is 0 Å². The Labute approximate surface area is 140 Å². The van der Waals surface area contributed by atoms with Gasteiger partial charge in [-0.1, -0.05) is 67.6 Å².